The maximum absolute atomic E-state index is 12.2. The Bertz CT molecular complexity index is 1000. The molecule has 4 heteroatoms. The number of allylic oxidation sites excluding steroid dienone is 4. The predicted molar refractivity (Wildman–Crippen MR) is 95.4 cm³/mol. The van der Waals surface area contributed by atoms with E-state index >= 15 is 0 Å². The molecule has 4 nitrogen and oxygen atoms in total. The summed E-state index contributed by atoms with van der Waals surface area (Å²) in [4.78, 5) is 32.4. The molecule has 3 rings (SSSR count). The molecule has 2 aliphatic heterocycles. The molecule has 0 radical (unpaired) electrons. The van der Waals surface area contributed by atoms with Crippen molar-refractivity contribution in [2.24, 2.45) is 10.8 Å². The van der Waals surface area contributed by atoms with E-state index in [9.17, 15) is 9.59 Å². The van der Waals surface area contributed by atoms with Gasteiger partial charge in [0.15, 0.2) is 0 Å². The number of nitrogens with zero attached hydrogens (tertiary/aromatic N) is 2. The van der Waals surface area contributed by atoms with Crippen molar-refractivity contribution >= 4 is 5.57 Å². The van der Waals surface area contributed by atoms with Crippen LogP contribution in [0.15, 0.2) is 33.0 Å². The summed E-state index contributed by atoms with van der Waals surface area (Å²) in [5, 5.41) is 0.745. The second-order valence-corrected chi connectivity index (χ2v) is 8.68. The van der Waals surface area contributed by atoms with Gasteiger partial charge in [-0.25, -0.2) is 9.97 Å². The zero-order valence-corrected chi connectivity index (χ0v) is 15.3. The number of hydrogen-bond acceptors (Lipinski definition) is 4. The molecule has 1 aliphatic carbocycles. The van der Waals surface area contributed by atoms with E-state index < -0.39 is 0 Å². The second kappa shape index (κ2) is 5.20. The molecule has 0 saturated heterocycles. The van der Waals surface area contributed by atoms with Crippen LogP contribution in [0, 0.1) is 21.3 Å². The molecule has 0 aromatic heterocycles. The van der Waals surface area contributed by atoms with E-state index in [0.717, 1.165) is 18.4 Å². The van der Waals surface area contributed by atoms with Gasteiger partial charge in [-0.1, -0.05) is 58.8 Å². The molecule has 0 N–H and O–H groups in total. The van der Waals surface area contributed by atoms with E-state index in [-0.39, 0.29) is 21.9 Å². The maximum atomic E-state index is 12.2. The summed E-state index contributed by atoms with van der Waals surface area (Å²) >= 11 is 0. The average Bonchev–Trinajstić information content (AvgIpc) is 2.98. The fourth-order valence-corrected chi connectivity index (χ4v) is 3.47. The minimum atomic E-state index is -0.345. The first kappa shape index (κ1) is 16.7. The van der Waals surface area contributed by atoms with Crippen molar-refractivity contribution in [1.82, 2.24) is 9.97 Å². The van der Waals surface area contributed by atoms with E-state index in [2.05, 4.69) is 57.6 Å². The predicted octanol–water partition coefficient (Wildman–Crippen LogP) is 3.36. The lowest BCUT2D eigenvalue weighted by molar-refractivity contribution is 0.468. The van der Waals surface area contributed by atoms with Crippen molar-refractivity contribution < 1.29 is 0 Å². The van der Waals surface area contributed by atoms with Crippen molar-refractivity contribution in [1.29, 1.82) is 0 Å². The quantitative estimate of drug-likeness (QED) is 0.755. The van der Waals surface area contributed by atoms with Gasteiger partial charge in [0.25, 0.3) is 11.1 Å². The lowest BCUT2D eigenvalue weighted by Crippen LogP contribution is -2.20. The molecule has 0 amide bonds. The van der Waals surface area contributed by atoms with Crippen LogP contribution in [-0.4, -0.2) is 9.97 Å². The normalized spacial score (nSPS) is 16.8. The molecular weight excluding hydrogens is 300 g/mol. The molecule has 0 spiro atoms. The minimum absolute atomic E-state index is 0.0469. The van der Waals surface area contributed by atoms with Gasteiger partial charge in [-0.2, -0.15) is 0 Å². The molecule has 0 bridgehead atoms. The van der Waals surface area contributed by atoms with Gasteiger partial charge in [0.2, 0.25) is 0 Å². The van der Waals surface area contributed by atoms with Gasteiger partial charge in [-0.15, -0.1) is 0 Å². The topological polar surface area (TPSA) is 59.9 Å². The third-order valence-electron chi connectivity index (χ3n) is 4.91. The van der Waals surface area contributed by atoms with Gasteiger partial charge in [-0.05, 0) is 29.2 Å². The Morgan fingerprint density at radius 2 is 1.62 bits per heavy atom. The summed E-state index contributed by atoms with van der Waals surface area (Å²) in [6.07, 6.45) is 5.21. The summed E-state index contributed by atoms with van der Waals surface area (Å²) in [6.45, 7) is 13.1. The van der Waals surface area contributed by atoms with Crippen LogP contribution >= 0.6 is 0 Å². The van der Waals surface area contributed by atoms with E-state index in [1.54, 1.807) is 0 Å². The highest BCUT2D eigenvalue weighted by Gasteiger charge is 2.30. The summed E-state index contributed by atoms with van der Waals surface area (Å²) < 4.78 is 0. The highest BCUT2D eigenvalue weighted by atomic mass is 16.1. The first-order valence-corrected chi connectivity index (χ1v) is 8.38. The lowest BCUT2D eigenvalue weighted by atomic mass is 9.71. The third kappa shape index (κ3) is 2.64. The van der Waals surface area contributed by atoms with Crippen LogP contribution in [-0.2, 0) is 0 Å². The molecule has 0 saturated carbocycles. The van der Waals surface area contributed by atoms with Gasteiger partial charge in [0, 0.05) is 6.20 Å². The van der Waals surface area contributed by atoms with Gasteiger partial charge >= 0.3 is 0 Å². The molecule has 3 aliphatic rings. The van der Waals surface area contributed by atoms with Crippen molar-refractivity contribution in [3.63, 3.8) is 0 Å². The van der Waals surface area contributed by atoms with Crippen LogP contribution in [0.4, 0.5) is 0 Å². The molecule has 24 heavy (non-hydrogen) atoms. The van der Waals surface area contributed by atoms with E-state index in [4.69, 9.17) is 0 Å². The molecule has 126 valence electrons. The van der Waals surface area contributed by atoms with Crippen LogP contribution in [0.3, 0.4) is 0 Å². The van der Waals surface area contributed by atoms with Crippen LogP contribution < -0.4 is 11.1 Å². The maximum Gasteiger partial charge on any atom is 0.280 e. The van der Waals surface area contributed by atoms with Crippen molar-refractivity contribution in [2.45, 2.75) is 54.4 Å². The zero-order chi connectivity index (χ0) is 17.9. The largest absolute Gasteiger partial charge is 0.280 e. The lowest BCUT2D eigenvalue weighted by Gasteiger charge is -2.33. The van der Waals surface area contributed by atoms with Crippen molar-refractivity contribution in [3.8, 4) is 0 Å². The molecular formula is C20H24N2O2. The molecule has 0 fully saturated rings. The summed E-state index contributed by atoms with van der Waals surface area (Å²) in [5.74, 6) is 0. The van der Waals surface area contributed by atoms with Crippen LogP contribution in [0.5, 0.6) is 0 Å². The summed E-state index contributed by atoms with van der Waals surface area (Å²) in [5.41, 5.74) is 3.46. The number of rotatable bonds is 1. The summed E-state index contributed by atoms with van der Waals surface area (Å²) in [6, 6.07) is 0. The smallest absolute Gasteiger partial charge is 0.267 e. The van der Waals surface area contributed by atoms with E-state index in [1.807, 2.05) is 0 Å². The highest BCUT2D eigenvalue weighted by Crippen LogP contribution is 2.44. The number of hydrogen-bond donors (Lipinski definition) is 0. The Labute approximate surface area is 141 Å². The summed E-state index contributed by atoms with van der Waals surface area (Å²) in [7, 11) is 0. The molecule has 0 unspecified atom stereocenters. The Morgan fingerprint density at radius 3 is 2.21 bits per heavy atom. The zero-order valence-electron chi connectivity index (χ0n) is 15.3. The monoisotopic (exact) mass is 324 g/mol. The van der Waals surface area contributed by atoms with Gasteiger partial charge in [-0.3, -0.25) is 9.59 Å². The molecule has 0 atom stereocenters. The third-order valence-corrected chi connectivity index (χ3v) is 4.91. The van der Waals surface area contributed by atoms with Gasteiger partial charge in [0.05, 0.1) is 16.1 Å². The van der Waals surface area contributed by atoms with Crippen molar-refractivity contribution in [3.05, 3.63) is 60.3 Å². The van der Waals surface area contributed by atoms with Gasteiger partial charge in [0.1, 0.15) is 0 Å². The molecule has 2 heterocycles. The molecule has 0 aromatic carbocycles. The average molecular weight is 324 g/mol. The number of aromatic nitrogens is 2. The van der Waals surface area contributed by atoms with Crippen LogP contribution in [0.2, 0.25) is 0 Å². The Kier molecular flexibility index (Phi) is 3.63. The Balaban J connectivity index is 2.28. The van der Waals surface area contributed by atoms with Crippen LogP contribution in [0.25, 0.3) is 5.57 Å². The van der Waals surface area contributed by atoms with E-state index in [0.29, 0.717) is 16.1 Å². The highest BCUT2D eigenvalue weighted by molar-refractivity contribution is 5.72. The van der Waals surface area contributed by atoms with Crippen molar-refractivity contribution in [2.75, 3.05) is 0 Å². The van der Waals surface area contributed by atoms with Gasteiger partial charge < -0.3 is 0 Å². The Hall–Kier alpha value is -2.10. The van der Waals surface area contributed by atoms with Crippen LogP contribution in [0.1, 0.15) is 60.1 Å². The first-order valence-electron chi connectivity index (χ1n) is 8.38. The second-order valence-electron chi connectivity index (χ2n) is 8.68. The van der Waals surface area contributed by atoms with E-state index in [1.165, 1.54) is 17.3 Å². The fraction of sp³-hybridized carbons (Fsp3) is 0.500. The minimum Gasteiger partial charge on any atom is -0.267 e. The Morgan fingerprint density at radius 1 is 0.958 bits per heavy atom. The standard InChI is InChI=1S/C20H24N2O2/c1-19(2,3)11-7-8-14(20(4,5)6)12(9-11)16-15-13(17(23)22-16)10-21-18(15)24/h7,10H,8-9H2,1-6H3. The fourth-order valence-electron chi connectivity index (χ4n) is 3.47. The first-order chi connectivity index (χ1) is 11.0. The SMILES string of the molecule is CC(C)(C)C1=CCC(C(C)(C)C)=C(c2nc(=O)c3cnc(=O)c2=3)C1. The molecule has 0 aromatic rings.